The summed E-state index contributed by atoms with van der Waals surface area (Å²) >= 11 is 0. The van der Waals surface area contributed by atoms with Gasteiger partial charge in [-0.2, -0.15) is 0 Å². The van der Waals surface area contributed by atoms with Crippen LogP contribution >= 0.6 is 0 Å². The van der Waals surface area contributed by atoms with Gasteiger partial charge >= 0.3 is 0 Å². The molecule has 0 bridgehead atoms. The van der Waals surface area contributed by atoms with Crippen LogP contribution in [0.3, 0.4) is 0 Å². The number of nitrogens with zero attached hydrogens (tertiary/aromatic N) is 2. The summed E-state index contributed by atoms with van der Waals surface area (Å²) in [6, 6.07) is 0.887. The Morgan fingerprint density at radius 3 is 2.33 bits per heavy atom. The Morgan fingerprint density at radius 1 is 1.33 bits per heavy atom. The maximum absolute atomic E-state index is 11.8. The lowest BCUT2D eigenvalue weighted by Crippen LogP contribution is -2.45. The summed E-state index contributed by atoms with van der Waals surface area (Å²) in [5.41, 5.74) is 5.88. The number of rotatable bonds is 8. The molecule has 0 spiro atoms. The van der Waals surface area contributed by atoms with Crippen molar-refractivity contribution in [3.63, 3.8) is 0 Å². The Kier molecular flexibility index (Phi) is 6.09. The van der Waals surface area contributed by atoms with Gasteiger partial charge in [-0.05, 0) is 31.7 Å². The quantitative estimate of drug-likeness (QED) is 0.711. The molecule has 0 heterocycles. The fraction of sp³-hybridized carbons (Fsp3) is 0.929. The first-order chi connectivity index (χ1) is 8.45. The Bertz CT molecular complexity index is 262. The van der Waals surface area contributed by atoms with Crippen molar-refractivity contribution in [3.8, 4) is 0 Å². The molecule has 0 aromatic rings. The normalized spacial score (nSPS) is 17.3. The summed E-state index contributed by atoms with van der Waals surface area (Å²) in [6.07, 6.45) is 4.27. The van der Waals surface area contributed by atoms with Crippen molar-refractivity contribution in [1.29, 1.82) is 0 Å². The van der Waals surface area contributed by atoms with E-state index in [1.807, 2.05) is 14.1 Å². The zero-order valence-electron chi connectivity index (χ0n) is 12.4. The fourth-order valence-corrected chi connectivity index (χ4v) is 2.20. The molecule has 1 saturated carbocycles. The lowest BCUT2D eigenvalue weighted by molar-refractivity contribution is -0.130. The standard InChI is InChI=1S/C14H29N3O/c1-11(2)7-8-17(12-5-6-12)13(10-15)9-14(18)16(3)4/h11-13H,5-10,15H2,1-4H3. The van der Waals surface area contributed by atoms with E-state index in [1.54, 1.807) is 4.90 Å². The van der Waals surface area contributed by atoms with Crippen LogP contribution in [0.2, 0.25) is 0 Å². The molecule has 0 aromatic carbocycles. The van der Waals surface area contributed by atoms with Crippen LogP contribution in [0.25, 0.3) is 0 Å². The molecule has 1 amide bonds. The summed E-state index contributed by atoms with van der Waals surface area (Å²) < 4.78 is 0. The van der Waals surface area contributed by atoms with Gasteiger partial charge in [0.15, 0.2) is 0 Å². The van der Waals surface area contributed by atoms with Crippen molar-refractivity contribution in [1.82, 2.24) is 9.80 Å². The van der Waals surface area contributed by atoms with Crippen LogP contribution in [0.1, 0.15) is 39.5 Å². The highest BCUT2D eigenvalue weighted by Gasteiger charge is 2.34. The molecule has 1 atom stereocenters. The van der Waals surface area contributed by atoms with E-state index in [1.165, 1.54) is 19.3 Å². The zero-order valence-corrected chi connectivity index (χ0v) is 12.4. The molecule has 4 nitrogen and oxygen atoms in total. The molecule has 1 fully saturated rings. The molecule has 0 aromatic heterocycles. The van der Waals surface area contributed by atoms with Crippen LogP contribution in [0, 0.1) is 5.92 Å². The molecule has 0 aliphatic heterocycles. The van der Waals surface area contributed by atoms with Gasteiger partial charge < -0.3 is 10.6 Å². The number of amides is 1. The molecule has 0 saturated heterocycles. The summed E-state index contributed by atoms with van der Waals surface area (Å²) in [6.45, 7) is 6.14. The van der Waals surface area contributed by atoms with E-state index < -0.39 is 0 Å². The number of hydrogen-bond donors (Lipinski definition) is 1. The first-order valence-corrected chi connectivity index (χ1v) is 7.11. The number of nitrogens with two attached hydrogens (primary N) is 1. The monoisotopic (exact) mass is 255 g/mol. The van der Waals surface area contributed by atoms with Gasteiger partial charge in [0, 0.05) is 39.1 Å². The molecular formula is C14H29N3O. The fourth-order valence-electron chi connectivity index (χ4n) is 2.20. The van der Waals surface area contributed by atoms with Gasteiger partial charge in [-0.15, -0.1) is 0 Å². The van der Waals surface area contributed by atoms with E-state index in [9.17, 15) is 4.79 Å². The van der Waals surface area contributed by atoms with Crippen LogP contribution in [-0.2, 0) is 4.79 Å². The minimum absolute atomic E-state index is 0.181. The second-order valence-electron chi connectivity index (χ2n) is 6.03. The molecule has 1 aliphatic rings. The van der Waals surface area contributed by atoms with Crippen molar-refractivity contribution in [2.45, 2.75) is 51.6 Å². The summed E-state index contributed by atoms with van der Waals surface area (Å²) in [5.74, 6) is 0.884. The van der Waals surface area contributed by atoms with E-state index in [0.717, 1.165) is 6.54 Å². The second-order valence-corrected chi connectivity index (χ2v) is 6.03. The van der Waals surface area contributed by atoms with Gasteiger partial charge in [0.05, 0.1) is 0 Å². The van der Waals surface area contributed by atoms with Crippen molar-refractivity contribution in [2.24, 2.45) is 11.7 Å². The third-order valence-corrected chi connectivity index (χ3v) is 3.63. The zero-order chi connectivity index (χ0) is 13.7. The molecular weight excluding hydrogens is 226 g/mol. The third kappa shape index (κ3) is 4.94. The van der Waals surface area contributed by atoms with Crippen molar-refractivity contribution >= 4 is 5.91 Å². The molecule has 4 heteroatoms. The van der Waals surface area contributed by atoms with E-state index in [2.05, 4.69) is 18.7 Å². The Hall–Kier alpha value is -0.610. The van der Waals surface area contributed by atoms with Crippen LogP contribution in [0.5, 0.6) is 0 Å². The van der Waals surface area contributed by atoms with Crippen LogP contribution < -0.4 is 5.73 Å². The van der Waals surface area contributed by atoms with E-state index in [-0.39, 0.29) is 11.9 Å². The predicted molar refractivity (Wildman–Crippen MR) is 75.3 cm³/mol. The molecule has 0 radical (unpaired) electrons. The van der Waals surface area contributed by atoms with E-state index in [0.29, 0.717) is 24.9 Å². The molecule has 1 unspecified atom stereocenters. The lowest BCUT2D eigenvalue weighted by Gasteiger charge is -2.32. The largest absolute Gasteiger partial charge is 0.349 e. The number of hydrogen-bond acceptors (Lipinski definition) is 3. The predicted octanol–water partition coefficient (Wildman–Crippen LogP) is 1.30. The van der Waals surface area contributed by atoms with Gasteiger partial charge in [0.25, 0.3) is 0 Å². The topological polar surface area (TPSA) is 49.6 Å². The molecule has 1 aliphatic carbocycles. The van der Waals surface area contributed by atoms with Gasteiger partial charge in [-0.1, -0.05) is 13.8 Å². The average Bonchev–Trinajstić information content (AvgIpc) is 3.11. The highest BCUT2D eigenvalue weighted by Crippen LogP contribution is 2.30. The van der Waals surface area contributed by atoms with Crippen molar-refractivity contribution in [2.75, 3.05) is 27.2 Å². The Morgan fingerprint density at radius 2 is 1.94 bits per heavy atom. The van der Waals surface area contributed by atoms with Gasteiger partial charge in [-0.25, -0.2) is 0 Å². The number of carbonyl (C=O) groups is 1. The van der Waals surface area contributed by atoms with Crippen molar-refractivity contribution in [3.05, 3.63) is 0 Å². The minimum atomic E-state index is 0.181. The maximum Gasteiger partial charge on any atom is 0.223 e. The third-order valence-electron chi connectivity index (χ3n) is 3.63. The summed E-state index contributed by atoms with van der Waals surface area (Å²) in [4.78, 5) is 16.0. The molecule has 18 heavy (non-hydrogen) atoms. The lowest BCUT2D eigenvalue weighted by atomic mass is 10.1. The molecule has 2 N–H and O–H groups in total. The second kappa shape index (κ2) is 7.10. The van der Waals surface area contributed by atoms with Crippen LogP contribution in [-0.4, -0.2) is 55.0 Å². The molecule has 1 rings (SSSR count). The first kappa shape index (κ1) is 15.4. The average molecular weight is 255 g/mol. The Labute approximate surface area is 111 Å². The summed E-state index contributed by atoms with van der Waals surface area (Å²) in [7, 11) is 3.62. The van der Waals surface area contributed by atoms with Gasteiger partial charge in [-0.3, -0.25) is 9.69 Å². The van der Waals surface area contributed by atoms with Crippen molar-refractivity contribution < 1.29 is 4.79 Å². The minimum Gasteiger partial charge on any atom is -0.349 e. The highest BCUT2D eigenvalue weighted by molar-refractivity contribution is 5.76. The molecule has 106 valence electrons. The van der Waals surface area contributed by atoms with Gasteiger partial charge in [0.1, 0.15) is 0 Å². The highest BCUT2D eigenvalue weighted by atomic mass is 16.2. The number of carbonyl (C=O) groups excluding carboxylic acids is 1. The van der Waals surface area contributed by atoms with E-state index in [4.69, 9.17) is 5.73 Å². The first-order valence-electron chi connectivity index (χ1n) is 7.11. The van der Waals surface area contributed by atoms with Crippen LogP contribution in [0.4, 0.5) is 0 Å². The summed E-state index contributed by atoms with van der Waals surface area (Å²) in [5, 5.41) is 0. The maximum atomic E-state index is 11.8. The smallest absolute Gasteiger partial charge is 0.223 e. The van der Waals surface area contributed by atoms with E-state index >= 15 is 0 Å². The van der Waals surface area contributed by atoms with Crippen LogP contribution in [0.15, 0.2) is 0 Å². The van der Waals surface area contributed by atoms with Gasteiger partial charge in [0.2, 0.25) is 5.91 Å². The Balaban J connectivity index is 2.54. The SMILES string of the molecule is CC(C)CCN(C1CC1)C(CN)CC(=O)N(C)C.